The van der Waals surface area contributed by atoms with Crippen LogP contribution in [0.3, 0.4) is 0 Å². The second kappa shape index (κ2) is 5.80. The number of hydrogen-bond donors (Lipinski definition) is 2. The first-order chi connectivity index (χ1) is 8.72. The van der Waals surface area contributed by atoms with Crippen LogP contribution < -0.4 is 10.6 Å². The van der Waals surface area contributed by atoms with Crippen molar-refractivity contribution in [3.63, 3.8) is 0 Å². The van der Waals surface area contributed by atoms with E-state index in [-0.39, 0.29) is 18.4 Å². The number of carbonyl (C=O) groups excluding carboxylic acids is 1. The normalized spacial score (nSPS) is 24.8. The SMILES string of the molecule is Cc1ccc(NC(=O)N2CC3CNCC3C2)cc1.Cl. The summed E-state index contributed by atoms with van der Waals surface area (Å²) in [5, 5.41) is 6.35. The first kappa shape index (κ1) is 14.2. The van der Waals surface area contributed by atoms with E-state index >= 15 is 0 Å². The Morgan fingerprint density at radius 3 is 2.37 bits per heavy atom. The summed E-state index contributed by atoms with van der Waals surface area (Å²) in [6.45, 7) is 5.92. The summed E-state index contributed by atoms with van der Waals surface area (Å²) in [4.78, 5) is 14.1. The summed E-state index contributed by atoms with van der Waals surface area (Å²) in [5.74, 6) is 1.29. The lowest BCUT2D eigenvalue weighted by atomic mass is 10.0. The highest BCUT2D eigenvalue weighted by molar-refractivity contribution is 5.89. The Labute approximate surface area is 120 Å². The molecular weight excluding hydrogens is 262 g/mol. The molecule has 2 aliphatic heterocycles. The maximum atomic E-state index is 12.1. The van der Waals surface area contributed by atoms with Gasteiger partial charge in [-0.1, -0.05) is 17.7 Å². The molecule has 0 saturated carbocycles. The molecule has 2 N–H and O–H groups in total. The highest BCUT2D eigenvalue weighted by Gasteiger charge is 2.37. The highest BCUT2D eigenvalue weighted by atomic mass is 35.5. The number of hydrogen-bond acceptors (Lipinski definition) is 2. The Kier molecular flexibility index (Phi) is 4.32. The fourth-order valence-electron chi connectivity index (χ4n) is 2.86. The molecule has 0 bridgehead atoms. The van der Waals surface area contributed by atoms with E-state index in [1.54, 1.807) is 0 Å². The van der Waals surface area contributed by atoms with Gasteiger partial charge in [-0.05, 0) is 30.9 Å². The van der Waals surface area contributed by atoms with Crippen molar-refractivity contribution in [3.05, 3.63) is 29.8 Å². The number of urea groups is 1. The van der Waals surface area contributed by atoms with E-state index in [2.05, 4.69) is 10.6 Å². The third-order valence-corrected chi connectivity index (χ3v) is 3.98. The van der Waals surface area contributed by atoms with E-state index in [4.69, 9.17) is 0 Å². The van der Waals surface area contributed by atoms with Gasteiger partial charge < -0.3 is 15.5 Å². The molecule has 0 aromatic heterocycles. The van der Waals surface area contributed by atoms with E-state index in [1.165, 1.54) is 5.56 Å². The molecule has 2 unspecified atom stereocenters. The Morgan fingerprint density at radius 1 is 1.21 bits per heavy atom. The van der Waals surface area contributed by atoms with Crippen LogP contribution >= 0.6 is 12.4 Å². The van der Waals surface area contributed by atoms with Gasteiger partial charge in [0.1, 0.15) is 0 Å². The van der Waals surface area contributed by atoms with Gasteiger partial charge in [0, 0.05) is 31.9 Å². The van der Waals surface area contributed by atoms with Gasteiger partial charge in [0.05, 0.1) is 0 Å². The number of carbonyl (C=O) groups is 1. The van der Waals surface area contributed by atoms with Crippen molar-refractivity contribution in [1.29, 1.82) is 0 Å². The molecule has 2 aliphatic rings. The Hall–Kier alpha value is -1.26. The fraction of sp³-hybridized carbons (Fsp3) is 0.500. The molecule has 2 amide bonds. The van der Waals surface area contributed by atoms with Crippen molar-refractivity contribution >= 4 is 24.1 Å². The van der Waals surface area contributed by atoms with Gasteiger partial charge in [-0.2, -0.15) is 0 Å². The van der Waals surface area contributed by atoms with E-state index < -0.39 is 0 Å². The molecule has 0 radical (unpaired) electrons. The molecule has 104 valence electrons. The predicted molar refractivity (Wildman–Crippen MR) is 78.9 cm³/mol. The standard InChI is InChI=1S/C14H19N3O.ClH/c1-10-2-4-13(5-3-10)16-14(18)17-8-11-6-15-7-12(11)9-17;/h2-5,11-12,15H,6-9H2,1H3,(H,16,18);1H. The van der Waals surface area contributed by atoms with E-state index in [9.17, 15) is 4.79 Å². The van der Waals surface area contributed by atoms with Gasteiger partial charge >= 0.3 is 6.03 Å². The third-order valence-electron chi connectivity index (χ3n) is 3.98. The van der Waals surface area contributed by atoms with Gasteiger partial charge in [-0.3, -0.25) is 0 Å². The molecule has 2 heterocycles. The third kappa shape index (κ3) is 3.01. The van der Waals surface area contributed by atoms with Crippen LogP contribution in [0.15, 0.2) is 24.3 Å². The average Bonchev–Trinajstić information content (AvgIpc) is 2.92. The second-order valence-corrected chi connectivity index (χ2v) is 5.38. The van der Waals surface area contributed by atoms with Crippen LogP contribution in [-0.2, 0) is 0 Å². The van der Waals surface area contributed by atoms with E-state index in [1.807, 2.05) is 36.1 Å². The Morgan fingerprint density at radius 2 is 1.79 bits per heavy atom. The lowest BCUT2D eigenvalue weighted by Gasteiger charge is -2.18. The summed E-state index contributed by atoms with van der Waals surface area (Å²) in [5.41, 5.74) is 2.08. The number of aryl methyl sites for hydroxylation is 1. The molecule has 2 atom stereocenters. The number of anilines is 1. The molecule has 5 heteroatoms. The smallest absolute Gasteiger partial charge is 0.321 e. The van der Waals surface area contributed by atoms with E-state index in [0.29, 0.717) is 11.8 Å². The van der Waals surface area contributed by atoms with Gasteiger partial charge in [0.15, 0.2) is 0 Å². The number of halogens is 1. The van der Waals surface area contributed by atoms with Gasteiger partial charge in [0.25, 0.3) is 0 Å². The molecule has 0 spiro atoms. The van der Waals surface area contributed by atoms with Crippen molar-refractivity contribution < 1.29 is 4.79 Å². The molecule has 3 rings (SSSR count). The summed E-state index contributed by atoms with van der Waals surface area (Å²) in [6.07, 6.45) is 0. The molecule has 19 heavy (non-hydrogen) atoms. The summed E-state index contributed by atoms with van der Waals surface area (Å²) >= 11 is 0. The van der Waals surface area contributed by atoms with Crippen molar-refractivity contribution in [1.82, 2.24) is 10.2 Å². The van der Waals surface area contributed by atoms with Crippen LogP contribution in [0.4, 0.5) is 10.5 Å². The monoisotopic (exact) mass is 281 g/mol. The van der Waals surface area contributed by atoms with Crippen LogP contribution in [0.2, 0.25) is 0 Å². The Bertz CT molecular complexity index is 437. The van der Waals surface area contributed by atoms with Crippen LogP contribution in [0.1, 0.15) is 5.56 Å². The van der Waals surface area contributed by atoms with Crippen LogP contribution in [0.5, 0.6) is 0 Å². The topological polar surface area (TPSA) is 44.4 Å². The Balaban J connectivity index is 0.00000133. The number of amides is 2. The zero-order valence-corrected chi connectivity index (χ0v) is 11.9. The minimum atomic E-state index is 0. The summed E-state index contributed by atoms with van der Waals surface area (Å²) in [7, 11) is 0. The number of nitrogens with zero attached hydrogens (tertiary/aromatic N) is 1. The molecule has 2 saturated heterocycles. The van der Waals surface area contributed by atoms with Crippen molar-refractivity contribution in [3.8, 4) is 0 Å². The number of nitrogens with one attached hydrogen (secondary N) is 2. The molecule has 2 fully saturated rings. The van der Waals surface area contributed by atoms with Crippen molar-refractivity contribution in [2.45, 2.75) is 6.92 Å². The number of benzene rings is 1. The molecular formula is C14H20ClN3O. The zero-order valence-electron chi connectivity index (χ0n) is 11.1. The van der Waals surface area contributed by atoms with Crippen LogP contribution in [-0.4, -0.2) is 37.1 Å². The van der Waals surface area contributed by atoms with Crippen molar-refractivity contribution in [2.24, 2.45) is 11.8 Å². The number of likely N-dealkylation sites (tertiary alicyclic amines) is 1. The van der Waals surface area contributed by atoms with Gasteiger partial charge in [-0.15, -0.1) is 12.4 Å². The maximum Gasteiger partial charge on any atom is 0.321 e. The van der Waals surface area contributed by atoms with Crippen LogP contribution in [0.25, 0.3) is 0 Å². The lowest BCUT2D eigenvalue weighted by Crippen LogP contribution is -2.35. The highest BCUT2D eigenvalue weighted by Crippen LogP contribution is 2.26. The first-order valence-corrected chi connectivity index (χ1v) is 6.55. The maximum absolute atomic E-state index is 12.1. The predicted octanol–water partition coefficient (Wildman–Crippen LogP) is 2.10. The molecule has 1 aromatic rings. The number of fused-ring (bicyclic) bond motifs is 1. The van der Waals surface area contributed by atoms with E-state index in [0.717, 1.165) is 31.9 Å². The lowest BCUT2D eigenvalue weighted by molar-refractivity contribution is 0.219. The van der Waals surface area contributed by atoms with Crippen molar-refractivity contribution in [2.75, 3.05) is 31.5 Å². The number of rotatable bonds is 1. The minimum Gasteiger partial charge on any atom is -0.324 e. The summed E-state index contributed by atoms with van der Waals surface area (Å²) in [6, 6.07) is 7.96. The average molecular weight is 282 g/mol. The zero-order chi connectivity index (χ0) is 12.5. The minimum absolute atomic E-state index is 0. The van der Waals surface area contributed by atoms with Crippen LogP contribution in [0, 0.1) is 18.8 Å². The summed E-state index contributed by atoms with van der Waals surface area (Å²) < 4.78 is 0. The second-order valence-electron chi connectivity index (χ2n) is 5.38. The molecule has 4 nitrogen and oxygen atoms in total. The fourth-order valence-corrected chi connectivity index (χ4v) is 2.86. The van der Waals surface area contributed by atoms with Gasteiger partial charge in [-0.25, -0.2) is 4.79 Å². The first-order valence-electron chi connectivity index (χ1n) is 6.55. The molecule has 0 aliphatic carbocycles. The quantitative estimate of drug-likeness (QED) is 0.828. The van der Waals surface area contributed by atoms with Gasteiger partial charge in [0.2, 0.25) is 0 Å². The molecule has 1 aromatic carbocycles. The largest absolute Gasteiger partial charge is 0.324 e.